The maximum absolute atomic E-state index is 12.2. The van der Waals surface area contributed by atoms with E-state index < -0.39 is 10.0 Å². The van der Waals surface area contributed by atoms with E-state index in [1.54, 1.807) is 11.4 Å². The van der Waals surface area contributed by atoms with Gasteiger partial charge in [0.2, 0.25) is 10.0 Å². The number of nitrogens with one attached hydrogen (secondary N) is 2. The number of hydrogen-bond acceptors (Lipinski definition) is 3. The van der Waals surface area contributed by atoms with E-state index in [1.807, 2.05) is 6.92 Å². The lowest BCUT2D eigenvalue weighted by Crippen LogP contribution is -2.50. The molecule has 6 nitrogen and oxygen atoms in total. The number of piperidine rings is 1. The lowest BCUT2D eigenvalue weighted by Gasteiger charge is -2.32. The van der Waals surface area contributed by atoms with Gasteiger partial charge in [-0.15, -0.1) is 0 Å². The van der Waals surface area contributed by atoms with E-state index in [0.717, 1.165) is 38.2 Å². The number of aliphatic imine (C=N–C) groups is 1. The molecule has 164 valence electrons. The van der Waals surface area contributed by atoms with Crippen LogP contribution in [0.2, 0.25) is 0 Å². The molecule has 0 atom stereocenters. The molecular formula is C22H38N4O2S. The van der Waals surface area contributed by atoms with Gasteiger partial charge in [-0.05, 0) is 49.1 Å². The summed E-state index contributed by atoms with van der Waals surface area (Å²) in [5.41, 5.74) is 2.74. The zero-order valence-corrected chi connectivity index (χ0v) is 19.3. The predicted octanol–water partition coefficient (Wildman–Crippen LogP) is 3.11. The van der Waals surface area contributed by atoms with E-state index in [9.17, 15) is 8.42 Å². The van der Waals surface area contributed by atoms with Crippen LogP contribution in [0.1, 0.15) is 63.5 Å². The molecule has 0 aromatic heterocycles. The van der Waals surface area contributed by atoms with Crippen LogP contribution in [0.3, 0.4) is 0 Å². The summed E-state index contributed by atoms with van der Waals surface area (Å²) >= 11 is 0. The molecule has 0 amide bonds. The monoisotopic (exact) mass is 422 g/mol. The minimum absolute atomic E-state index is 0.245. The number of sulfonamides is 1. The Balaban J connectivity index is 1.69. The molecule has 1 fully saturated rings. The standard InChI is InChI=1S/C22H38N4O2S/c1-5-17-29(27,28)26-15-12-21(13-16-26)25-22(23-4)24-14-6-7-19-8-10-20(11-9-19)18(2)3/h8-11,18,21H,5-7,12-17H2,1-4H3,(H2,23,24,25). The first-order valence-electron chi connectivity index (χ1n) is 10.9. The van der Waals surface area contributed by atoms with Gasteiger partial charge < -0.3 is 10.6 Å². The third-order valence-electron chi connectivity index (χ3n) is 5.45. The van der Waals surface area contributed by atoms with Crippen molar-refractivity contribution in [3.63, 3.8) is 0 Å². The summed E-state index contributed by atoms with van der Waals surface area (Å²) in [5, 5.41) is 6.83. The van der Waals surface area contributed by atoms with Crippen molar-refractivity contribution >= 4 is 16.0 Å². The van der Waals surface area contributed by atoms with E-state index >= 15 is 0 Å². The number of hydrogen-bond donors (Lipinski definition) is 2. The zero-order valence-electron chi connectivity index (χ0n) is 18.4. The van der Waals surface area contributed by atoms with Crippen molar-refractivity contribution in [2.24, 2.45) is 4.99 Å². The second-order valence-electron chi connectivity index (χ2n) is 8.13. The van der Waals surface area contributed by atoms with Gasteiger partial charge >= 0.3 is 0 Å². The van der Waals surface area contributed by atoms with E-state index in [-0.39, 0.29) is 11.8 Å². The fraction of sp³-hybridized carbons (Fsp3) is 0.682. The normalized spacial score (nSPS) is 16.9. The van der Waals surface area contributed by atoms with Crippen LogP contribution < -0.4 is 10.6 Å². The number of guanidine groups is 1. The molecule has 0 bridgehead atoms. The van der Waals surface area contributed by atoms with Gasteiger partial charge in [0.25, 0.3) is 0 Å². The first-order chi connectivity index (χ1) is 13.9. The van der Waals surface area contributed by atoms with Crippen molar-refractivity contribution < 1.29 is 8.42 Å². The van der Waals surface area contributed by atoms with E-state index in [2.05, 4.69) is 53.7 Å². The number of aryl methyl sites for hydroxylation is 1. The fourth-order valence-corrected chi connectivity index (χ4v) is 5.16. The predicted molar refractivity (Wildman–Crippen MR) is 122 cm³/mol. The summed E-state index contributed by atoms with van der Waals surface area (Å²) in [6.07, 6.45) is 4.36. The number of nitrogens with zero attached hydrogens (tertiary/aromatic N) is 2. The summed E-state index contributed by atoms with van der Waals surface area (Å²) in [5.74, 6) is 1.61. The molecule has 0 spiro atoms. The van der Waals surface area contributed by atoms with Crippen molar-refractivity contribution in [3.05, 3.63) is 35.4 Å². The first kappa shape index (κ1) is 23.7. The second kappa shape index (κ2) is 11.6. The molecule has 7 heteroatoms. The lowest BCUT2D eigenvalue weighted by molar-refractivity contribution is 0.306. The molecule has 1 aliphatic rings. The van der Waals surface area contributed by atoms with Gasteiger partial charge in [-0.3, -0.25) is 4.99 Å². The summed E-state index contributed by atoms with van der Waals surface area (Å²) in [4.78, 5) is 4.32. The molecule has 0 saturated carbocycles. The summed E-state index contributed by atoms with van der Waals surface area (Å²) in [6.45, 7) is 8.36. The minimum atomic E-state index is -3.08. The van der Waals surface area contributed by atoms with E-state index in [1.165, 1.54) is 11.1 Å². The highest BCUT2D eigenvalue weighted by Gasteiger charge is 2.27. The number of benzene rings is 1. The second-order valence-corrected chi connectivity index (χ2v) is 10.2. The minimum Gasteiger partial charge on any atom is -0.356 e. The summed E-state index contributed by atoms with van der Waals surface area (Å²) in [6, 6.07) is 9.16. The molecule has 1 saturated heterocycles. The van der Waals surface area contributed by atoms with Gasteiger partial charge in [-0.1, -0.05) is 45.0 Å². The lowest BCUT2D eigenvalue weighted by atomic mass is 10.0. The Kier molecular flexibility index (Phi) is 9.43. The third kappa shape index (κ3) is 7.63. The molecule has 1 aromatic carbocycles. The maximum Gasteiger partial charge on any atom is 0.214 e. The summed E-state index contributed by atoms with van der Waals surface area (Å²) in [7, 11) is -1.30. The van der Waals surface area contributed by atoms with E-state index in [0.29, 0.717) is 25.4 Å². The highest BCUT2D eigenvalue weighted by atomic mass is 32.2. The van der Waals surface area contributed by atoms with E-state index in [4.69, 9.17) is 0 Å². The molecule has 2 N–H and O–H groups in total. The van der Waals surface area contributed by atoms with Crippen molar-refractivity contribution in [1.82, 2.24) is 14.9 Å². The van der Waals surface area contributed by atoms with Crippen LogP contribution in [0.15, 0.2) is 29.3 Å². The van der Waals surface area contributed by atoms with Crippen LogP contribution in [0.25, 0.3) is 0 Å². The Morgan fingerprint density at radius 1 is 1.21 bits per heavy atom. The van der Waals surface area contributed by atoms with Gasteiger partial charge in [0.1, 0.15) is 0 Å². The zero-order chi connectivity index (χ0) is 21.3. The molecular weight excluding hydrogens is 384 g/mol. The van der Waals surface area contributed by atoms with Crippen LogP contribution in [0.4, 0.5) is 0 Å². The maximum atomic E-state index is 12.2. The molecule has 29 heavy (non-hydrogen) atoms. The van der Waals surface area contributed by atoms with Crippen LogP contribution >= 0.6 is 0 Å². The third-order valence-corrected chi connectivity index (χ3v) is 7.53. The topological polar surface area (TPSA) is 73.8 Å². The van der Waals surface area contributed by atoms with Crippen LogP contribution in [-0.2, 0) is 16.4 Å². The Labute approximate surface area is 177 Å². The smallest absolute Gasteiger partial charge is 0.214 e. The van der Waals surface area contributed by atoms with Gasteiger partial charge in [0.15, 0.2) is 5.96 Å². The Hall–Kier alpha value is -1.60. The van der Waals surface area contributed by atoms with Crippen molar-refractivity contribution in [3.8, 4) is 0 Å². The molecule has 2 rings (SSSR count). The van der Waals surface area contributed by atoms with Crippen LogP contribution in [0, 0.1) is 0 Å². The van der Waals surface area contributed by atoms with Crippen molar-refractivity contribution in [2.75, 3.05) is 32.4 Å². The Morgan fingerprint density at radius 2 is 1.86 bits per heavy atom. The number of rotatable bonds is 9. The molecule has 0 radical (unpaired) electrons. The van der Waals surface area contributed by atoms with Crippen LogP contribution in [0.5, 0.6) is 0 Å². The van der Waals surface area contributed by atoms with Gasteiger partial charge in [0.05, 0.1) is 5.75 Å². The highest BCUT2D eigenvalue weighted by molar-refractivity contribution is 7.89. The quantitative estimate of drug-likeness (QED) is 0.364. The average Bonchev–Trinajstić information content (AvgIpc) is 2.71. The molecule has 0 aliphatic carbocycles. The van der Waals surface area contributed by atoms with Crippen LogP contribution in [-0.4, -0.2) is 57.2 Å². The molecule has 1 aliphatic heterocycles. The van der Waals surface area contributed by atoms with Gasteiger partial charge in [0, 0.05) is 32.7 Å². The van der Waals surface area contributed by atoms with Crippen molar-refractivity contribution in [2.45, 2.75) is 64.8 Å². The van der Waals surface area contributed by atoms with Gasteiger partial charge in [-0.25, -0.2) is 12.7 Å². The molecule has 1 heterocycles. The van der Waals surface area contributed by atoms with Gasteiger partial charge in [-0.2, -0.15) is 0 Å². The summed E-state index contributed by atoms with van der Waals surface area (Å²) < 4.78 is 26.0. The Bertz CT molecular complexity index is 737. The van der Waals surface area contributed by atoms with Crippen molar-refractivity contribution in [1.29, 1.82) is 0 Å². The average molecular weight is 423 g/mol. The Morgan fingerprint density at radius 3 is 2.41 bits per heavy atom. The molecule has 0 unspecified atom stereocenters. The highest BCUT2D eigenvalue weighted by Crippen LogP contribution is 2.16. The largest absolute Gasteiger partial charge is 0.356 e. The first-order valence-corrected chi connectivity index (χ1v) is 12.5. The fourth-order valence-electron chi connectivity index (χ4n) is 3.62. The molecule has 1 aromatic rings. The SMILES string of the molecule is CCCS(=O)(=O)N1CCC(NC(=NC)NCCCc2ccc(C(C)C)cc2)CC1.